The van der Waals surface area contributed by atoms with E-state index in [0.29, 0.717) is 6.54 Å². The molecule has 1 aliphatic rings. The minimum atomic E-state index is -0.0595. The molecule has 4 heteroatoms. The van der Waals surface area contributed by atoms with Crippen molar-refractivity contribution in [2.75, 3.05) is 19.6 Å². The van der Waals surface area contributed by atoms with Crippen LogP contribution < -0.4 is 5.32 Å². The summed E-state index contributed by atoms with van der Waals surface area (Å²) in [6, 6.07) is 0.209. The van der Waals surface area contributed by atoms with Gasteiger partial charge < -0.3 is 10.2 Å². The lowest BCUT2D eigenvalue weighted by Gasteiger charge is -2.33. The topological polar surface area (TPSA) is 49.4 Å². The van der Waals surface area contributed by atoms with Crippen LogP contribution in [0.1, 0.15) is 20.3 Å². The van der Waals surface area contributed by atoms with Gasteiger partial charge in [0.25, 0.3) is 0 Å². The van der Waals surface area contributed by atoms with Crippen molar-refractivity contribution in [3.63, 3.8) is 0 Å². The molecule has 13 heavy (non-hydrogen) atoms. The van der Waals surface area contributed by atoms with Gasteiger partial charge in [-0.3, -0.25) is 9.59 Å². The van der Waals surface area contributed by atoms with E-state index in [1.165, 1.54) is 6.92 Å². The Morgan fingerprint density at radius 3 is 2.77 bits per heavy atom. The van der Waals surface area contributed by atoms with Gasteiger partial charge in [0.2, 0.25) is 5.91 Å². The Kier molecular flexibility index (Phi) is 3.42. The van der Waals surface area contributed by atoms with Gasteiger partial charge in [0, 0.05) is 25.7 Å². The van der Waals surface area contributed by atoms with E-state index in [9.17, 15) is 9.59 Å². The van der Waals surface area contributed by atoms with Crippen LogP contribution in [-0.4, -0.2) is 42.3 Å². The zero-order valence-corrected chi connectivity index (χ0v) is 8.17. The van der Waals surface area contributed by atoms with Gasteiger partial charge in [0.1, 0.15) is 5.78 Å². The van der Waals surface area contributed by atoms with Gasteiger partial charge in [0.05, 0.1) is 6.42 Å². The SMILES string of the molecule is CC(=O)CC(=O)N1CCNCC1C. The van der Waals surface area contributed by atoms with E-state index in [1.54, 1.807) is 4.90 Å². The van der Waals surface area contributed by atoms with Crippen molar-refractivity contribution in [2.45, 2.75) is 26.3 Å². The van der Waals surface area contributed by atoms with Gasteiger partial charge in [-0.1, -0.05) is 0 Å². The van der Waals surface area contributed by atoms with Crippen LogP contribution in [0.25, 0.3) is 0 Å². The van der Waals surface area contributed by atoms with E-state index in [0.717, 1.165) is 13.1 Å². The zero-order chi connectivity index (χ0) is 9.84. The number of rotatable bonds is 2. The van der Waals surface area contributed by atoms with E-state index in [4.69, 9.17) is 0 Å². The van der Waals surface area contributed by atoms with Crippen LogP contribution in [-0.2, 0) is 9.59 Å². The Balaban J connectivity index is 2.48. The number of piperazine rings is 1. The lowest BCUT2D eigenvalue weighted by atomic mass is 10.2. The van der Waals surface area contributed by atoms with Crippen LogP contribution in [0.2, 0.25) is 0 Å². The number of nitrogens with one attached hydrogen (secondary N) is 1. The van der Waals surface area contributed by atoms with Crippen molar-refractivity contribution in [3.8, 4) is 0 Å². The Morgan fingerprint density at radius 2 is 2.23 bits per heavy atom. The second kappa shape index (κ2) is 4.37. The number of hydrogen-bond acceptors (Lipinski definition) is 3. The number of nitrogens with zero attached hydrogens (tertiary/aromatic N) is 1. The number of amides is 1. The molecule has 0 aromatic carbocycles. The molecule has 0 aromatic heterocycles. The molecule has 1 saturated heterocycles. The maximum atomic E-state index is 11.5. The Morgan fingerprint density at radius 1 is 1.54 bits per heavy atom. The fourth-order valence-corrected chi connectivity index (χ4v) is 1.53. The molecule has 1 rings (SSSR count). The molecule has 0 spiro atoms. The first-order chi connectivity index (χ1) is 6.11. The number of carbonyl (C=O) groups excluding carboxylic acids is 2. The molecule has 74 valence electrons. The van der Waals surface area contributed by atoms with Gasteiger partial charge in [0.15, 0.2) is 0 Å². The highest BCUT2D eigenvalue weighted by Gasteiger charge is 2.23. The van der Waals surface area contributed by atoms with E-state index in [1.807, 2.05) is 6.92 Å². The van der Waals surface area contributed by atoms with Crippen LogP contribution in [0.15, 0.2) is 0 Å². The summed E-state index contributed by atoms with van der Waals surface area (Å²) in [6.45, 7) is 5.81. The zero-order valence-electron chi connectivity index (χ0n) is 8.17. The lowest BCUT2D eigenvalue weighted by Crippen LogP contribution is -2.52. The van der Waals surface area contributed by atoms with Gasteiger partial charge in [-0.15, -0.1) is 0 Å². The van der Waals surface area contributed by atoms with E-state index in [2.05, 4.69) is 5.32 Å². The van der Waals surface area contributed by atoms with Crippen LogP contribution in [0.5, 0.6) is 0 Å². The molecule has 1 heterocycles. The van der Waals surface area contributed by atoms with Gasteiger partial charge in [-0.2, -0.15) is 0 Å². The third kappa shape index (κ3) is 2.81. The first-order valence-corrected chi connectivity index (χ1v) is 4.61. The number of hydrogen-bond donors (Lipinski definition) is 1. The molecule has 0 aromatic rings. The monoisotopic (exact) mass is 184 g/mol. The van der Waals surface area contributed by atoms with Crippen LogP contribution in [0.4, 0.5) is 0 Å². The molecule has 1 amide bonds. The number of Topliss-reactive ketones (excluding diaryl/α,β-unsaturated/α-hetero) is 1. The molecule has 1 unspecified atom stereocenters. The van der Waals surface area contributed by atoms with Gasteiger partial charge in [-0.25, -0.2) is 0 Å². The molecular formula is C9H16N2O2. The molecule has 4 nitrogen and oxygen atoms in total. The summed E-state index contributed by atoms with van der Waals surface area (Å²) in [5.74, 6) is -0.0998. The van der Waals surface area contributed by atoms with Crippen LogP contribution in [0.3, 0.4) is 0 Å². The van der Waals surface area contributed by atoms with Crippen molar-refractivity contribution < 1.29 is 9.59 Å². The fourth-order valence-electron chi connectivity index (χ4n) is 1.53. The smallest absolute Gasteiger partial charge is 0.230 e. The normalized spacial score (nSPS) is 22.9. The summed E-state index contributed by atoms with van der Waals surface area (Å²) < 4.78 is 0. The molecule has 1 atom stereocenters. The summed E-state index contributed by atoms with van der Waals surface area (Å²) in [4.78, 5) is 24.0. The summed E-state index contributed by atoms with van der Waals surface area (Å²) in [5, 5.41) is 3.19. The highest BCUT2D eigenvalue weighted by atomic mass is 16.2. The number of carbonyl (C=O) groups is 2. The Labute approximate surface area is 78.3 Å². The molecular weight excluding hydrogens is 168 g/mol. The summed E-state index contributed by atoms with van der Waals surface area (Å²) >= 11 is 0. The van der Waals surface area contributed by atoms with E-state index in [-0.39, 0.29) is 24.2 Å². The van der Waals surface area contributed by atoms with Crippen molar-refractivity contribution in [1.29, 1.82) is 0 Å². The predicted octanol–water partition coefficient (Wildman–Crippen LogP) is -0.214. The average Bonchev–Trinajstić information content (AvgIpc) is 2.03. The van der Waals surface area contributed by atoms with E-state index < -0.39 is 0 Å². The fraction of sp³-hybridized carbons (Fsp3) is 0.778. The average molecular weight is 184 g/mol. The largest absolute Gasteiger partial charge is 0.337 e. The minimum absolute atomic E-state index is 0.0403. The third-order valence-electron chi connectivity index (χ3n) is 2.22. The van der Waals surface area contributed by atoms with E-state index >= 15 is 0 Å². The molecule has 0 aliphatic carbocycles. The van der Waals surface area contributed by atoms with Gasteiger partial charge >= 0.3 is 0 Å². The third-order valence-corrected chi connectivity index (χ3v) is 2.22. The highest BCUT2D eigenvalue weighted by molar-refractivity contribution is 5.96. The lowest BCUT2D eigenvalue weighted by molar-refractivity contribution is -0.137. The Bertz CT molecular complexity index is 216. The summed E-state index contributed by atoms with van der Waals surface area (Å²) in [5.41, 5.74) is 0. The van der Waals surface area contributed by atoms with Crippen LogP contribution in [0, 0.1) is 0 Å². The highest BCUT2D eigenvalue weighted by Crippen LogP contribution is 2.04. The maximum absolute atomic E-state index is 11.5. The summed E-state index contributed by atoms with van der Waals surface area (Å²) in [7, 11) is 0. The molecule has 1 N–H and O–H groups in total. The van der Waals surface area contributed by atoms with Crippen molar-refractivity contribution in [1.82, 2.24) is 10.2 Å². The second-order valence-corrected chi connectivity index (χ2v) is 3.52. The molecule has 0 bridgehead atoms. The minimum Gasteiger partial charge on any atom is -0.337 e. The maximum Gasteiger partial charge on any atom is 0.230 e. The Hall–Kier alpha value is -0.900. The van der Waals surface area contributed by atoms with Crippen molar-refractivity contribution in [2.24, 2.45) is 0 Å². The first-order valence-electron chi connectivity index (χ1n) is 4.61. The molecule has 1 aliphatic heterocycles. The molecule has 0 saturated carbocycles. The quantitative estimate of drug-likeness (QED) is 0.604. The van der Waals surface area contributed by atoms with Crippen molar-refractivity contribution in [3.05, 3.63) is 0 Å². The summed E-state index contributed by atoms with van der Waals surface area (Å²) in [6.07, 6.45) is 0.0460. The molecule has 1 fully saturated rings. The van der Waals surface area contributed by atoms with Crippen molar-refractivity contribution >= 4 is 11.7 Å². The number of ketones is 1. The second-order valence-electron chi connectivity index (χ2n) is 3.52. The predicted molar refractivity (Wildman–Crippen MR) is 49.3 cm³/mol. The first kappa shape index (κ1) is 10.2. The van der Waals surface area contributed by atoms with Crippen LogP contribution >= 0.6 is 0 Å². The van der Waals surface area contributed by atoms with Gasteiger partial charge in [-0.05, 0) is 13.8 Å². The molecule has 0 radical (unpaired) electrons. The standard InChI is InChI=1S/C9H16N2O2/c1-7-6-10-3-4-11(7)9(13)5-8(2)12/h7,10H,3-6H2,1-2H3.